The van der Waals surface area contributed by atoms with Crippen LogP contribution in [0.25, 0.3) is 5.69 Å². The molecule has 0 spiro atoms. The van der Waals surface area contributed by atoms with Crippen LogP contribution in [0.4, 0.5) is 5.69 Å². The van der Waals surface area contributed by atoms with Gasteiger partial charge in [-0.1, -0.05) is 18.2 Å². The van der Waals surface area contributed by atoms with E-state index in [0.29, 0.717) is 11.4 Å². The molecule has 0 saturated heterocycles. The first-order valence-corrected chi connectivity index (χ1v) is 9.57. The van der Waals surface area contributed by atoms with E-state index in [0.717, 1.165) is 21.5 Å². The van der Waals surface area contributed by atoms with E-state index in [9.17, 15) is 4.79 Å². The smallest absolute Gasteiger partial charge is 0.297 e. The maximum absolute atomic E-state index is 12.9. The number of rotatable bonds is 5. The largest absolute Gasteiger partial charge is 0.448 e. The number of hydrogen-bond acceptors (Lipinski definition) is 4. The van der Waals surface area contributed by atoms with Gasteiger partial charge in [-0.15, -0.1) is 0 Å². The van der Waals surface area contributed by atoms with Gasteiger partial charge in [-0.25, -0.2) is 14.7 Å². The zero-order valence-electron chi connectivity index (χ0n) is 15.5. The van der Waals surface area contributed by atoms with E-state index in [-0.39, 0.29) is 5.56 Å². The van der Waals surface area contributed by atoms with Crippen LogP contribution >= 0.6 is 11.8 Å². The molecule has 0 atom stereocenters. The molecule has 4 aromatic rings. The van der Waals surface area contributed by atoms with Crippen molar-refractivity contribution in [2.24, 2.45) is 12.0 Å². The van der Waals surface area contributed by atoms with Gasteiger partial charge < -0.3 is 4.42 Å². The van der Waals surface area contributed by atoms with E-state index < -0.39 is 0 Å². The number of nitrogens with one attached hydrogen (secondary N) is 1. The molecule has 7 heteroatoms. The van der Waals surface area contributed by atoms with Crippen LogP contribution < -0.4 is 10.5 Å². The van der Waals surface area contributed by atoms with Gasteiger partial charge in [0.25, 0.3) is 5.56 Å². The molecule has 0 saturated carbocycles. The highest BCUT2D eigenvalue weighted by Crippen LogP contribution is 2.26. The summed E-state index contributed by atoms with van der Waals surface area (Å²) in [6.45, 7) is 1.88. The van der Waals surface area contributed by atoms with Gasteiger partial charge in [-0.3, -0.25) is 9.48 Å². The maximum atomic E-state index is 12.9. The molecule has 0 unspecified atom stereocenters. The van der Waals surface area contributed by atoms with Crippen LogP contribution in [0.15, 0.2) is 91.2 Å². The SMILES string of the molecule is Cc1c(N=Cc2ccc(Sc3cccc[nH+]3)o2)c(=O)n(-c2ccccc2)n1C. The second-order valence-electron chi connectivity index (χ2n) is 6.15. The average molecular weight is 391 g/mol. The zero-order chi connectivity index (χ0) is 19.5. The highest BCUT2D eigenvalue weighted by Gasteiger charge is 2.15. The molecule has 0 radical (unpaired) electrons. The second-order valence-corrected chi connectivity index (χ2v) is 7.20. The molecule has 0 aliphatic heterocycles. The molecule has 6 nitrogen and oxygen atoms in total. The first-order valence-electron chi connectivity index (χ1n) is 8.76. The third kappa shape index (κ3) is 3.57. The van der Waals surface area contributed by atoms with E-state index >= 15 is 0 Å². The molecule has 0 aliphatic rings. The summed E-state index contributed by atoms with van der Waals surface area (Å²) in [5.41, 5.74) is 1.82. The fourth-order valence-electron chi connectivity index (χ4n) is 2.84. The Balaban J connectivity index is 1.60. The summed E-state index contributed by atoms with van der Waals surface area (Å²) in [5.74, 6) is 0.590. The van der Waals surface area contributed by atoms with Gasteiger partial charge in [-0.2, -0.15) is 0 Å². The van der Waals surface area contributed by atoms with Crippen molar-refractivity contribution in [2.45, 2.75) is 17.0 Å². The summed E-state index contributed by atoms with van der Waals surface area (Å²) in [6.07, 6.45) is 3.45. The Morgan fingerprint density at radius 1 is 1.07 bits per heavy atom. The van der Waals surface area contributed by atoms with Gasteiger partial charge in [0, 0.05) is 30.9 Å². The van der Waals surface area contributed by atoms with Gasteiger partial charge in [0.05, 0.1) is 17.6 Å². The molecule has 3 aromatic heterocycles. The van der Waals surface area contributed by atoms with Gasteiger partial charge in [0.1, 0.15) is 5.76 Å². The monoisotopic (exact) mass is 391 g/mol. The third-order valence-electron chi connectivity index (χ3n) is 4.34. The molecule has 3 heterocycles. The lowest BCUT2D eigenvalue weighted by atomic mass is 10.3. The zero-order valence-corrected chi connectivity index (χ0v) is 16.3. The van der Waals surface area contributed by atoms with Crippen LogP contribution in [-0.4, -0.2) is 15.6 Å². The van der Waals surface area contributed by atoms with Crippen molar-refractivity contribution in [3.05, 3.63) is 88.7 Å². The molecule has 140 valence electrons. The normalized spacial score (nSPS) is 11.4. The van der Waals surface area contributed by atoms with Crippen molar-refractivity contribution in [1.82, 2.24) is 9.36 Å². The quantitative estimate of drug-likeness (QED) is 0.486. The standard InChI is InChI=1S/C21H18N4O2S/c1-15-20(21(26)25(24(15)2)16-8-4-3-5-9-16)23-14-17-11-12-19(27-17)28-18-10-6-7-13-22-18/h3-14H,1-2H3/p+1. The molecule has 4 rings (SSSR count). The Morgan fingerprint density at radius 3 is 2.61 bits per heavy atom. The van der Waals surface area contributed by atoms with Crippen LogP contribution in [0.1, 0.15) is 11.5 Å². The van der Waals surface area contributed by atoms with Gasteiger partial charge in [-0.05, 0) is 37.3 Å². The van der Waals surface area contributed by atoms with Crippen molar-refractivity contribution in [3.8, 4) is 5.69 Å². The Hall–Kier alpha value is -3.32. The number of H-pyrrole nitrogens is 1. The third-order valence-corrected chi connectivity index (χ3v) is 5.23. The van der Waals surface area contributed by atoms with Crippen molar-refractivity contribution in [3.63, 3.8) is 0 Å². The molecule has 28 heavy (non-hydrogen) atoms. The van der Waals surface area contributed by atoms with E-state index in [1.54, 1.807) is 15.6 Å². The summed E-state index contributed by atoms with van der Waals surface area (Å²) >= 11 is 1.49. The highest BCUT2D eigenvalue weighted by molar-refractivity contribution is 7.99. The summed E-state index contributed by atoms with van der Waals surface area (Å²) in [4.78, 5) is 20.4. The lowest BCUT2D eigenvalue weighted by molar-refractivity contribution is -0.426. The molecular formula is C21H19N4O2S+. The topological polar surface area (TPSA) is 66.6 Å². The number of pyridine rings is 1. The summed E-state index contributed by atoms with van der Waals surface area (Å²) < 4.78 is 9.20. The van der Waals surface area contributed by atoms with Crippen molar-refractivity contribution in [2.75, 3.05) is 0 Å². The first-order chi connectivity index (χ1) is 13.6. The van der Waals surface area contributed by atoms with E-state index in [1.807, 2.05) is 80.8 Å². The summed E-state index contributed by atoms with van der Waals surface area (Å²) in [6, 6.07) is 19.1. The van der Waals surface area contributed by atoms with E-state index in [1.165, 1.54) is 11.8 Å². The average Bonchev–Trinajstić information content (AvgIpc) is 3.24. The molecule has 1 aromatic carbocycles. The lowest BCUT2D eigenvalue weighted by Gasteiger charge is -2.07. The Kier molecular flexibility index (Phi) is 4.99. The number of aliphatic imine (C=N–C) groups is 1. The summed E-state index contributed by atoms with van der Waals surface area (Å²) in [5, 5.41) is 1.72. The Bertz CT molecular complexity index is 1170. The fraction of sp³-hybridized carbons (Fsp3) is 0.0952. The molecule has 0 bridgehead atoms. The number of aromatic nitrogens is 3. The Labute approximate surface area is 166 Å². The fourth-order valence-corrected chi connectivity index (χ4v) is 3.60. The van der Waals surface area contributed by atoms with E-state index in [2.05, 4.69) is 9.98 Å². The lowest BCUT2D eigenvalue weighted by Crippen LogP contribution is -2.19. The van der Waals surface area contributed by atoms with Crippen molar-refractivity contribution in [1.29, 1.82) is 0 Å². The van der Waals surface area contributed by atoms with Crippen LogP contribution in [0.5, 0.6) is 0 Å². The maximum Gasteiger partial charge on any atom is 0.297 e. The highest BCUT2D eigenvalue weighted by atomic mass is 32.2. The van der Waals surface area contributed by atoms with Crippen LogP contribution in [0.2, 0.25) is 0 Å². The number of benzene rings is 1. The number of nitrogens with zero attached hydrogens (tertiary/aromatic N) is 3. The number of para-hydroxylation sites is 1. The van der Waals surface area contributed by atoms with Crippen LogP contribution in [0, 0.1) is 6.92 Å². The number of aromatic amines is 1. The molecule has 0 fully saturated rings. The van der Waals surface area contributed by atoms with Gasteiger partial charge in [0.15, 0.2) is 17.0 Å². The minimum Gasteiger partial charge on any atom is -0.448 e. The molecule has 0 aliphatic carbocycles. The molecule has 1 N–H and O–H groups in total. The molecule has 0 amide bonds. The van der Waals surface area contributed by atoms with E-state index in [4.69, 9.17) is 4.42 Å². The number of furan rings is 1. The number of hydrogen-bond donors (Lipinski definition) is 0. The second kappa shape index (κ2) is 7.74. The van der Waals surface area contributed by atoms with Gasteiger partial charge in [0.2, 0.25) is 5.03 Å². The predicted octanol–water partition coefficient (Wildman–Crippen LogP) is 3.79. The van der Waals surface area contributed by atoms with Crippen LogP contribution in [-0.2, 0) is 7.05 Å². The minimum absolute atomic E-state index is 0.164. The predicted molar refractivity (Wildman–Crippen MR) is 109 cm³/mol. The van der Waals surface area contributed by atoms with Crippen molar-refractivity contribution < 1.29 is 9.40 Å². The molecular weight excluding hydrogens is 372 g/mol. The van der Waals surface area contributed by atoms with Gasteiger partial charge >= 0.3 is 0 Å². The first kappa shape index (κ1) is 18.1. The van der Waals surface area contributed by atoms with Crippen molar-refractivity contribution >= 4 is 23.7 Å². The summed E-state index contributed by atoms with van der Waals surface area (Å²) in [7, 11) is 1.85. The van der Waals surface area contributed by atoms with Crippen LogP contribution in [0.3, 0.4) is 0 Å². The Morgan fingerprint density at radius 2 is 1.86 bits per heavy atom. The minimum atomic E-state index is -0.164.